The van der Waals surface area contributed by atoms with Gasteiger partial charge in [0.25, 0.3) is 5.91 Å². The molecule has 188 valence electrons. The molecule has 0 radical (unpaired) electrons. The second kappa shape index (κ2) is 10.1. The maximum absolute atomic E-state index is 12.2. The molecule has 37 heavy (non-hydrogen) atoms. The predicted molar refractivity (Wildman–Crippen MR) is 141 cm³/mol. The van der Waals surface area contributed by atoms with Crippen LogP contribution in [0.4, 0.5) is 0 Å². The maximum Gasteiger partial charge on any atom is 0.253 e. The van der Waals surface area contributed by atoms with Crippen LogP contribution in [0.25, 0.3) is 33.6 Å². The number of amides is 1. The van der Waals surface area contributed by atoms with Crippen LogP contribution in [-0.4, -0.2) is 49.2 Å². The Labute approximate surface area is 216 Å². The summed E-state index contributed by atoms with van der Waals surface area (Å²) in [6, 6.07) is 19.0. The van der Waals surface area contributed by atoms with E-state index in [2.05, 4.69) is 24.9 Å². The Bertz CT molecular complexity index is 1470. The van der Waals surface area contributed by atoms with Crippen molar-refractivity contribution in [3.05, 3.63) is 71.9 Å². The van der Waals surface area contributed by atoms with E-state index in [1.807, 2.05) is 42.5 Å². The molecule has 7 nitrogen and oxygen atoms in total. The van der Waals surface area contributed by atoms with E-state index < -0.39 is 0 Å². The van der Waals surface area contributed by atoms with Gasteiger partial charge in [-0.2, -0.15) is 5.26 Å². The van der Waals surface area contributed by atoms with Crippen molar-refractivity contribution in [3.8, 4) is 34.3 Å². The molecule has 1 aliphatic rings. The highest BCUT2D eigenvalue weighted by molar-refractivity contribution is 5.95. The SMILES string of the molecule is CC1COCC(C)C1Oc1ccc(-c2ccnc3cc(-c4ccc(C(=O)N(C)C)cc4)oc23)cc1C#N. The van der Waals surface area contributed by atoms with Crippen molar-refractivity contribution < 1.29 is 18.7 Å². The molecule has 0 bridgehead atoms. The van der Waals surface area contributed by atoms with Gasteiger partial charge in [0, 0.05) is 54.9 Å². The Morgan fingerprint density at radius 1 is 1.03 bits per heavy atom. The third-order valence-corrected chi connectivity index (χ3v) is 6.79. The summed E-state index contributed by atoms with van der Waals surface area (Å²) < 4.78 is 18.2. The Balaban J connectivity index is 1.47. The fourth-order valence-corrected chi connectivity index (χ4v) is 4.80. The highest BCUT2D eigenvalue weighted by Gasteiger charge is 2.31. The summed E-state index contributed by atoms with van der Waals surface area (Å²) in [7, 11) is 3.45. The van der Waals surface area contributed by atoms with Crippen LogP contribution in [0, 0.1) is 23.2 Å². The summed E-state index contributed by atoms with van der Waals surface area (Å²) in [6.45, 7) is 5.52. The van der Waals surface area contributed by atoms with Crippen molar-refractivity contribution in [2.45, 2.75) is 20.0 Å². The van der Waals surface area contributed by atoms with Crippen molar-refractivity contribution in [2.75, 3.05) is 27.3 Å². The topological polar surface area (TPSA) is 88.6 Å². The summed E-state index contributed by atoms with van der Waals surface area (Å²) in [5, 5.41) is 9.90. The molecule has 2 atom stereocenters. The molecule has 1 fully saturated rings. The zero-order chi connectivity index (χ0) is 26.1. The first kappa shape index (κ1) is 24.5. The van der Waals surface area contributed by atoms with E-state index in [1.54, 1.807) is 37.3 Å². The van der Waals surface area contributed by atoms with Crippen LogP contribution in [0.15, 0.2) is 65.2 Å². The number of rotatable bonds is 5. The summed E-state index contributed by atoms with van der Waals surface area (Å²) in [5.74, 6) is 1.66. The van der Waals surface area contributed by atoms with Crippen LogP contribution in [0.3, 0.4) is 0 Å². The molecule has 0 saturated carbocycles. The Kier molecular flexibility index (Phi) is 6.68. The van der Waals surface area contributed by atoms with E-state index in [0.29, 0.717) is 47.0 Å². The molecule has 1 amide bonds. The summed E-state index contributed by atoms with van der Waals surface area (Å²) in [6.07, 6.45) is 1.73. The van der Waals surface area contributed by atoms with Gasteiger partial charge in [-0.3, -0.25) is 9.78 Å². The zero-order valence-electron chi connectivity index (χ0n) is 21.4. The molecular weight excluding hydrogens is 466 g/mol. The minimum Gasteiger partial charge on any atom is -0.488 e. The predicted octanol–water partition coefficient (Wildman–Crippen LogP) is 5.79. The van der Waals surface area contributed by atoms with Gasteiger partial charge in [-0.1, -0.05) is 32.0 Å². The van der Waals surface area contributed by atoms with E-state index >= 15 is 0 Å². The quantitative estimate of drug-likeness (QED) is 0.348. The van der Waals surface area contributed by atoms with Crippen LogP contribution in [0.1, 0.15) is 29.8 Å². The highest BCUT2D eigenvalue weighted by Crippen LogP contribution is 2.36. The Morgan fingerprint density at radius 3 is 2.41 bits per heavy atom. The Morgan fingerprint density at radius 2 is 1.73 bits per heavy atom. The lowest BCUT2D eigenvalue weighted by atomic mass is 9.92. The van der Waals surface area contributed by atoms with Gasteiger partial charge in [0.2, 0.25) is 0 Å². The number of benzene rings is 2. The van der Waals surface area contributed by atoms with Crippen LogP contribution in [0.2, 0.25) is 0 Å². The van der Waals surface area contributed by atoms with Crippen molar-refractivity contribution in [1.82, 2.24) is 9.88 Å². The minimum atomic E-state index is -0.0541. The number of ether oxygens (including phenoxy) is 2. The van der Waals surface area contributed by atoms with Crippen LogP contribution in [0.5, 0.6) is 5.75 Å². The molecule has 0 spiro atoms. The summed E-state index contributed by atoms with van der Waals surface area (Å²) in [5.41, 5.74) is 4.96. The number of nitrogens with zero attached hydrogens (tertiary/aromatic N) is 3. The number of hydrogen-bond donors (Lipinski definition) is 0. The standard InChI is InChI=1S/C30H29N3O4/c1-18-16-35-17-19(2)28(18)36-26-10-9-22(13-23(26)15-31)24-11-12-32-25-14-27(37-29(24)25)20-5-7-21(8-6-20)30(34)33(3)4/h5-14,18-19,28H,16-17H2,1-4H3. The smallest absolute Gasteiger partial charge is 0.253 e. The molecule has 7 heteroatoms. The van der Waals surface area contributed by atoms with Gasteiger partial charge in [-0.05, 0) is 35.9 Å². The number of pyridine rings is 1. The molecule has 0 aliphatic carbocycles. The third-order valence-electron chi connectivity index (χ3n) is 6.79. The number of aromatic nitrogens is 1. The van der Waals surface area contributed by atoms with Gasteiger partial charge >= 0.3 is 0 Å². The summed E-state index contributed by atoms with van der Waals surface area (Å²) >= 11 is 0. The van der Waals surface area contributed by atoms with Crippen LogP contribution < -0.4 is 4.74 Å². The van der Waals surface area contributed by atoms with Gasteiger partial charge in [-0.25, -0.2) is 0 Å². The molecule has 1 saturated heterocycles. The second-order valence-electron chi connectivity index (χ2n) is 9.86. The lowest BCUT2D eigenvalue weighted by Crippen LogP contribution is -2.41. The van der Waals surface area contributed by atoms with E-state index in [1.165, 1.54) is 0 Å². The molecular formula is C30H29N3O4. The number of hydrogen-bond acceptors (Lipinski definition) is 6. The zero-order valence-corrected chi connectivity index (χ0v) is 21.4. The average molecular weight is 496 g/mol. The molecule has 5 rings (SSSR count). The summed E-state index contributed by atoms with van der Waals surface area (Å²) in [4.78, 5) is 18.2. The lowest BCUT2D eigenvalue weighted by Gasteiger charge is -2.34. The number of furan rings is 1. The highest BCUT2D eigenvalue weighted by atomic mass is 16.5. The lowest BCUT2D eigenvalue weighted by molar-refractivity contribution is -0.0551. The molecule has 2 aromatic heterocycles. The molecule has 1 aliphatic heterocycles. The molecule has 4 aromatic rings. The average Bonchev–Trinajstić information content (AvgIpc) is 3.35. The number of fused-ring (bicyclic) bond motifs is 1. The van der Waals surface area contributed by atoms with Gasteiger partial charge in [0.15, 0.2) is 5.58 Å². The number of nitriles is 1. The monoisotopic (exact) mass is 495 g/mol. The first-order valence-corrected chi connectivity index (χ1v) is 12.3. The largest absolute Gasteiger partial charge is 0.488 e. The van der Waals surface area contributed by atoms with Gasteiger partial charge in [0.05, 0.1) is 18.8 Å². The van der Waals surface area contributed by atoms with Gasteiger partial charge in [0.1, 0.15) is 29.2 Å². The Hall–Kier alpha value is -4.15. The molecule has 0 N–H and O–H groups in total. The van der Waals surface area contributed by atoms with E-state index in [9.17, 15) is 10.1 Å². The van der Waals surface area contributed by atoms with E-state index in [0.717, 1.165) is 16.7 Å². The van der Waals surface area contributed by atoms with E-state index in [-0.39, 0.29) is 23.8 Å². The number of carbonyl (C=O) groups excluding carboxylic acids is 1. The van der Waals surface area contributed by atoms with Crippen molar-refractivity contribution in [3.63, 3.8) is 0 Å². The van der Waals surface area contributed by atoms with Crippen molar-refractivity contribution >= 4 is 17.0 Å². The van der Waals surface area contributed by atoms with E-state index in [4.69, 9.17) is 13.9 Å². The van der Waals surface area contributed by atoms with Crippen LogP contribution in [-0.2, 0) is 4.74 Å². The van der Waals surface area contributed by atoms with Crippen molar-refractivity contribution in [1.29, 1.82) is 5.26 Å². The third kappa shape index (κ3) is 4.81. The second-order valence-corrected chi connectivity index (χ2v) is 9.86. The maximum atomic E-state index is 12.2. The first-order chi connectivity index (χ1) is 17.9. The normalized spacial score (nSPS) is 19.4. The first-order valence-electron chi connectivity index (χ1n) is 12.3. The number of carbonyl (C=O) groups is 1. The molecule has 3 heterocycles. The van der Waals surface area contributed by atoms with Gasteiger partial charge < -0.3 is 18.8 Å². The van der Waals surface area contributed by atoms with Crippen LogP contribution >= 0.6 is 0 Å². The fourth-order valence-electron chi connectivity index (χ4n) is 4.80. The van der Waals surface area contributed by atoms with Gasteiger partial charge in [-0.15, -0.1) is 0 Å². The molecule has 2 unspecified atom stereocenters. The molecule has 2 aromatic carbocycles. The fraction of sp³-hybridized carbons (Fsp3) is 0.300. The van der Waals surface area contributed by atoms with Crippen molar-refractivity contribution in [2.24, 2.45) is 11.8 Å². The minimum absolute atomic E-state index is 0.00799.